The highest BCUT2D eigenvalue weighted by molar-refractivity contribution is 5.79. The molecule has 0 aromatic heterocycles. The Morgan fingerprint density at radius 1 is 1.25 bits per heavy atom. The molecular weight excluding hydrogens is 254 g/mol. The first-order valence-corrected chi connectivity index (χ1v) is 7.94. The van der Waals surface area contributed by atoms with Crippen molar-refractivity contribution in [2.75, 3.05) is 19.6 Å². The zero-order chi connectivity index (χ0) is 14.2. The third kappa shape index (κ3) is 2.68. The fraction of sp³-hybridized carbons (Fsp3) is 0.867. The summed E-state index contributed by atoms with van der Waals surface area (Å²) in [5.74, 6) is 0.446. The number of carbonyl (C=O) groups excluding carboxylic acids is 2. The first-order valence-electron chi connectivity index (χ1n) is 7.94. The number of rotatable bonds is 3. The van der Waals surface area contributed by atoms with E-state index in [2.05, 4.69) is 0 Å². The summed E-state index contributed by atoms with van der Waals surface area (Å²) in [6.07, 6.45) is 7.25. The summed E-state index contributed by atoms with van der Waals surface area (Å²) in [5, 5.41) is 0. The minimum absolute atomic E-state index is 0.184. The lowest BCUT2D eigenvalue weighted by Crippen LogP contribution is -2.54. The van der Waals surface area contributed by atoms with E-state index in [0.29, 0.717) is 19.4 Å². The van der Waals surface area contributed by atoms with Crippen LogP contribution in [-0.4, -0.2) is 52.8 Å². The van der Waals surface area contributed by atoms with Gasteiger partial charge < -0.3 is 15.5 Å². The molecule has 2 amide bonds. The van der Waals surface area contributed by atoms with Gasteiger partial charge in [-0.15, -0.1) is 0 Å². The molecule has 112 valence electrons. The van der Waals surface area contributed by atoms with Crippen molar-refractivity contribution in [3.63, 3.8) is 0 Å². The molecular formula is C15H25N3O2. The van der Waals surface area contributed by atoms with Crippen LogP contribution in [-0.2, 0) is 9.59 Å². The van der Waals surface area contributed by atoms with E-state index in [-0.39, 0.29) is 23.4 Å². The van der Waals surface area contributed by atoms with E-state index in [4.69, 9.17) is 5.73 Å². The second kappa shape index (κ2) is 5.35. The van der Waals surface area contributed by atoms with Crippen molar-refractivity contribution in [3.05, 3.63) is 0 Å². The number of nitrogens with two attached hydrogens (primary N) is 1. The van der Waals surface area contributed by atoms with Crippen molar-refractivity contribution in [1.29, 1.82) is 0 Å². The molecule has 2 aliphatic heterocycles. The number of hydrogen-bond acceptors (Lipinski definition) is 3. The van der Waals surface area contributed by atoms with Crippen molar-refractivity contribution in [2.24, 2.45) is 5.73 Å². The maximum absolute atomic E-state index is 12.4. The van der Waals surface area contributed by atoms with Crippen LogP contribution < -0.4 is 5.73 Å². The molecule has 5 nitrogen and oxygen atoms in total. The molecule has 1 aliphatic carbocycles. The Labute approximate surface area is 120 Å². The zero-order valence-electron chi connectivity index (χ0n) is 12.1. The summed E-state index contributed by atoms with van der Waals surface area (Å²) in [6, 6.07) is 0.234. The molecule has 3 fully saturated rings. The SMILES string of the molecule is NC1(CC(=O)N2CCCC(N3CCCC3=O)C2)CCC1. The van der Waals surface area contributed by atoms with E-state index < -0.39 is 0 Å². The highest BCUT2D eigenvalue weighted by atomic mass is 16.2. The number of nitrogens with zero attached hydrogens (tertiary/aromatic N) is 2. The first-order chi connectivity index (χ1) is 9.57. The van der Waals surface area contributed by atoms with E-state index in [9.17, 15) is 9.59 Å². The van der Waals surface area contributed by atoms with E-state index in [1.54, 1.807) is 0 Å². The lowest BCUT2D eigenvalue weighted by molar-refractivity contribution is -0.138. The van der Waals surface area contributed by atoms with Crippen molar-refractivity contribution in [1.82, 2.24) is 9.80 Å². The lowest BCUT2D eigenvalue weighted by Gasteiger charge is -2.42. The molecule has 3 rings (SSSR count). The van der Waals surface area contributed by atoms with E-state index in [0.717, 1.165) is 51.6 Å². The fourth-order valence-electron chi connectivity index (χ4n) is 3.71. The third-order valence-electron chi connectivity index (χ3n) is 5.15. The van der Waals surface area contributed by atoms with E-state index in [1.807, 2.05) is 9.80 Å². The van der Waals surface area contributed by atoms with Crippen molar-refractivity contribution >= 4 is 11.8 Å². The summed E-state index contributed by atoms with van der Waals surface area (Å²) >= 11 is 0. The monoisotopic (exact) mass is 279 g/mol. The molecule has 0 spiro atoms. The van der Waals surface area contributed by atoms with E-state index >= 15 is 0 Å². The minimum atomic E-state index is -0.243. The fourth-order valence-corrected chi connectivity index (χ4v) is 3.71. The zero-order valence-corrected chi connectivity index (χ0v) is 12.1. The van der Waals surface area contributed by atoms with Gasteiger partial charge in [-0.3, -0.25) is 9.59 Å². The molecule has 0 radical (unpaired) electrons. The lowest BCUT2D eigenvalue weighted by atomic mass is 9.75. The molecule has 3 aliphatic rings. The Kier molecular flexibility index (Phi) is 3.71. The van der Waals surface area contributed by atoms with Gasteiger partial charge in [-0.25, -0.2) is 0 Å². The molecule has 0 aromatic carbocycles. The summed E-state index contributed by atoms with van der Waals surface area (Å²) in [4.78, 5) is 28.2. The van der Waals surface area contributed by atoms with Gasteiger partial charge in [-0.2, -0.15) is 0 Å². The molecule has 2 saturated heterocycles. The van der Waals surface area contributed by atoms with Gasteiger partial charge in [-0.05, 0) is 38.5 Å². The number of piperidine rings is 1. The van der Waals surface area contributed by atoms with Crippen LogP contribution in [0.25, 0.3) is 0 Å². The maximum atomic E-state index is 12.4. The molecule has 1 saturated carbocycles. The number of amides is 2. The summed E-state index contributed by atoms with van der Waals surface area (Å²) in [6.45, 7) is 2.40. The van der Waals surface area contributed by atoms with Gasteiger partial charge in [0.15, 0.2) is 0 Å². The summed E-state index contributed by atoms with van der Waals surface area (Å²) in [7, 11) is 0. The highest BCUT2D eigenvalue weighted by Gasteiger charge is 2.38. The van der Waals surface area contributed by atoms with Crippen molar-refractivity contribution in [2.45, 2.75) is 62.9 Å². The quantitative estimate of drug-likeness (QED) is 0.833. The maximum Gasteiger partial charge on any atom is 0.224 e. The van der Waals surface area contributed by atoms with Crippen LogP contribution in [0.2, 0.25) is 0 Å². The van der Waals surface area contributed by atoms with Crippen LogP contribution in [0.15, 0.2) is 0 Å². The molecule has 20 heavy (non-hydrogen) atoms. The number of carbonyl (C=O) groups is 2. The van der Waals surface area contributed by atoms with Gasteiger partial charge in [-0.1, -0.05) is 0 Å². The topological polar surface area (TPSA) is 66.6 Å². The van der Waals surface area contributed by atoms with E-state index in [1.165, 1.54) is 0 Å². The third-order valence-corrected chi connectivity index (χ3v) is 5.15. The summed E-state index contributed by atoms with van der Waals surface area (Å²) < 4.78 is 0. The minimum Gasteiger partial charge on any atom is -0.341 e. The highest BCUT2D eigenvalue weighted by Crippen LogP contribution is 2.33. The smallest absolute Gasteiger partial charge is 0.224 e. The second-order valence-electron chi connectivity index (χ2n) is 6.72. The second-order valence-corrected chi connectivity index (χ2v) is 6.72. The molecule has 1 atom stereocenters. The number of hydrogen-bond donors (Lipinski definition) is 1. The molecule has 2 heterocycles. The van der Waals surface area contributed by atoms with Crippen LogP contribution in [0.1, 0.15) is 51.4 Å². The summed E-state index contributed by atoms with van der Waals surface area (Å²) in [5.41, 5.74) is 5.93. The molecule has 0 bridgehead atoms. The average molecular weight is 279 g/mol. The average Bonchev–Trinajstić information content (AvgIpc) is 2.83. The van der Waals surface area contributed by atoms with Crippen LogP contribution in [0.5, 0.6) is 0 Å². The first kappa shape index (κ1) is 13.9. The Hall–Kier alpha value is -1.10. The molecule has 1 unspecified atom stereocenters. The number of likely N-dealkylation sites (tertiary alicyclic amines) is 2. The van der Waals surface area contributed by atoms with Crippen molar-refractivity contribution < 1.29 is 9.59 Å². The Bertz CT molecular complexity index is 406. The van der Waals surface area contributed by atoms with Crippen molar-refractivity contribution in [3.8, 4) is 0 Å². The van der Waals surface area contributed by atoms with Crippen LogP contribution in [0.3, 0.4) is 0 Å². The Morgan fingerprint density at radius 3 is 2.65 bits per heavy atom. The Morgan fingerprint density at radius 2 is 2.05 bits per heavy atom. The predicted molar refractivity (Wildman–Crippen MR) is 75.9 cm³/mol. The standard InChI is InChI=1S/C15H25N3O2/c16-15(6-3-7-15)10-14(20)17-8-1-4-12(11-17)18-9-2-5-13(18)19/h12H,1-11,16H2. The van der Waals surface area contributed by atoms with Crippen LogP contribution in [0.4, 0.5) is 0 Å². The van der Waals surface area contributed by atoms with Crippen LogP contribution in [0, 0.1) is 0 Å². The van der Waals surface area contributed by atoms with Gasteiger partial charge in [0.1, 0.15) is 0 Å². The normalized spacial score (nSPS) is 29.4. The van der Waals surface area contributed by atoms with Crippen LogP contribution >= 0.6 is 0 Å². The molecule has 2 N–H and O–H groups in total. The van der Waals surface area contributed by atoms with Gasteiger partial charge in [0.25, 0.3) is 0 Å². The van der Waals surface area contributed by atoms with Gasteiger partial charge in [0, 0.05) is 44.1 Å². The van der Waals surface area contributed by atoms with Gasteiger partial charge in [0.2, 0.25) is 11.8 Å². The van der Waals surface area contributed by atoms with Gasteiger partial charge >= 0.3 is 0 Å². The molecule has 0 aromatic rings. The molecule has 5 heteroatoms. The largest absolute Gasteiger partial charge is 0.341 e. The Balaban J connectivity index is 1.57. The predicted octanol–water partition coefficient (Wildman–Crippen LogP) is 0.871. The van der Waals surface area contributed by atoms with Gasteiger partial charge in [0.05, 0.1) is 0 Å².